The van der Waals surface area contributed by atoms with Crippen LogP contribution in [-0.4, -0.2) is 42.9 Å². The van der Waals surface area contributed by atoms with Crippen molar-refractivity contribution in [1.29, 1.82) is 0 Å². The molecule has 0 aliphatic carbocycles. The first kappa shape index (κ1) is 14.1. The molecule has 0 radical (unpaired) electrons. The highest BCUT2D eigenvalue weighted by atomic mass is 16.5. The van der Waals surface area contributed by atoms with E-state index >= 15 is 0 Å². The van der Waals surface area contributed by atoms with E-state index in [4.69, 9.17) is 4.52 Å². The second-order valence-electron chi connectivity index (χ2n) is 5.97. The topological polar surface area (TPSA) is 72.9 Å². The molecule has 1 aliphatic heterocycles. The highest BCUT2D eigenvalue weighted by molar-refractivity contribution is 5.51. The maximum absolute atomic E-state index is 5.34. The maximum Gasteiger partial charge on any atom is 0.241 e. The van der Waals surface area contributed by atoms with E-state index in [-0.39, 0.29) is 0 Å². The lowest BCUT2D eigenvalue weighted by Gasteiger charge is -2.38. The van der Waals surface area contributed by atoms with Gasteiger partial charge in [0.25, 0.3) is 0 Å². The molecule has 0 aromatic carbocycles. The van der Waals surface area contributed by atoms with Gasteiger partial charge in [-0.15, -0.1) is 0 Å². The van der Waals surface area contributed by atoms with Crippen LogP contribution in [0.4, 0.5) is 0 Å². The fraction of sp³-hybridized carbons (Fsp3) is 0.375. The molecule has 0 saturated carbocycles. The first-order valence-electron chi connectivity index (χ1n) is 7.67. The number of hydrogen-bond acceptors (Lipinski definition) is 6. The van der Waals surface area contributed by atoms with Gasteiger partial charge < -0.3 is 4.52 Å². The van der Waals surface area contributed by atoms with E-state index in [2.05, 4.69) is 42.8 Å². The van der Waals surface area contributed by atoms with Gasteiger partial charge in [0, 0.05) is 36.7 Å². The van der Waals surface area contributed by atoms with Crippen molar-refractivity contribution >= 4 is 0 Å². The Morgan fingerprint density at radius 3 is 2.87 bits per heavy atom. The minimum atomic E-state index is 0.435. The molecule has 4 rings (SSSR count). The van der Waals surface area contributed by atoms with E-state index in [0.717, 1.165) is 24.3 Å². The van der Waals surface area contributed by atoms with Crippen molar-refractivity contribution in [3.8, 4) is 11.4 Å². The SMILES string of the molecule is Cc1cc(C)n(C2CN(Cc3nc(-c4cccnc4)no3)C2)n1. The molecule has 4 heterocycles. The van der Waals surface area contributed by atoms with Gasteiger partial charge in [-0.05, 0) is 32.0 Å². The average Bonchev–Trinajstić information content (AvgIpc) is 3.10. The van der Waals surface area contributed by atoms with Gasteiger partial charge in [0.2, 0.25) is 11.7 Å². The third-order valence-corrected chi connectivity index (χ3v) is 4.08. The van der Waals surface area contributed by atoms with Crippen LogP contribution in [0, 0.1) is 13.8 Å². The monoisotopic (exact) mass is 310 g/mol. The number of likely N-dealkylation sites (tertiary alicyclic amines) is 1. The number of pyridine rings is 1. The molecule has 0 spiro atoms. The van der Waals surface area contributed by atoms with Crippen LogP contribution in [0.1, 0.15) is 23.3 Å². The van der Waals surface area contributed by atoms with Crippen molar-refractivity contribution in [2.24, 2.45) is 0 Å². The fourth-order valence-electron chi connectivity index (χ4n) is 2.96. The normalized spacial score (nSPS) is 15.7. The summed E-state index contributed by atoms with van der Waals surface area (Å²) in [6.07, 6.45) is 3.46. The number of rotatable bonds is 4. The molecule has 0 bridgehead atoms. The molecule has 0 amide bonds. The minimum absolute atomic E-state index is 0.435. The zero-order valence-electron chi connectivity index (χ0n) is 13.2. The highest BCUT2D eigenvalue weighted by Gasteiger charge is 2.30. The fourth-order valence-corrected chi connectivity index (χ4v) is 2.96. The van der Waals surface area contributed by atoms with Crippen LogP contribution in [-0.2, 0) is 6.54 Å². The molecule has 23 heavy (non-hydrogen) atoms. The first-order valence-corrected chi connectivity index (χ1v) is 7.67. The van der Waals surface area contributed by atoms with E-state index < -0.39 is 0 Å². The van der Waals surface area contributed by atoms with E-state index in [0.29, 0.717) is 24.3 Å². The molecule has 3 aromatic rings. The van der Waals surface area contributed by atoms with E-state index in [9.17, 15) is 0 Å². The number of aromatic nitrogens is 5. The summed E-state index contributed by atoms with van der Waals surface area (Å²) in [4.78, 5) is 10.8. The largest absolute Gasteiger partial charge is 0.338 e. The van der Waals surface area contributed by atoms with E-state index in [1.807, 2.05) is 19.1 Å². The highest BCUT2D eigenvalue weighted by Crippen LogP contribution is 2.24. The van der Waals surface area contributed by atoms with Crippen LogP contribution in [0.5, 0.6) is 0 Å². The quantitative estimate of drug-likeness (QED) is 0.734. The standard InChI is InChI=1S/C16H18N6O/c1-11-6-12(2)22(19-11)14-8-21(9-14)10-15-18-16(20-23-15)13-4-3-5-17-7-13/h3-7,14H,8-10H2,1-2H3. The van der Waals surface area contributed by atoms with Gasteiger partial charge in [-0.2, -0.15) is 10.1 Å². The summed E-state index contributed by atoms with van der Waals surface area (Å²) in [6.45, 7) is 6.70. The van der Waals surface area contributed by atoms with Gasteiger partial charge in [-0.1, -0.05) is 5.16 Å². The van der Waals surface area contributed by atoms with Crippen LogP contribution in [0.15, 0.2) is 35.1 Å². The summed E-state index contributed by atoms with van der Waals surface area (Å²) in [5.41, 5.74) is 3.15. The number of hydrogen-bond donors (Lipinski definition) is 0. The van der Waals surface area contributed by atoms with E-state index in [1.54, 1.807) is 12.4 Å². The third-order valence-electron chi connectivity index (χ3n) is 4.08. The van der Waals surface area contributed by atoms with Crippen molar-refractivity contribution in [2.45, 2.75) is 26.4 Å². The van der Waals surface area contributed by atoms with Crippen molar-refractivity contribution in [3.63, 3.8) is 0 Å². The Hall–Kier alpha value is -2.54. The van der Waals surface area contributed by atoms with Crippen LogP contribution in [0.2, 0.25) is 0 Å². The molecule has 118 valence electrons. The number of aryl methyl sites for hydroxylation is 2. The lowest BCUT2D eigenvalue weighted by Crippen LogP contribution is -2.47. The predicted molar refractivity (Wildman–Crippen MR) is 83.5 cm³/mol. The minimum Gasteiger partial charge on any atom is -0.338 e. The Balaban J connectivity index is 1.38. The average molecular weight is 310 g/mol. The van der Waals surface area contributed by atoms with Crippen molar-refractivity contribution in [1.82, 2.24) is 29.8 Å². The smallest absolute Gasteiger partial charge is 0.241 e. The molecule has 7 nitrogen and oxygen atoms in total. The Kier molecular flexibility index (Phi) is 3.42. The van der Waals surface area contributed by atoms with Gasteiger partial charge in [0.15, 0.2) is 0 Å². The zero-order chi connectivity index (χ0) is 15.8. The van der Waals surface area contributed by atoms with Gasteiger partial charge in [-0.25, -0.2) is 0 Å². The summed E-state index contributed by atoms with van der Waals surface area (Å²) in [5.74, 6) is 1.22. The van der Waals surface area contributed by atoms with Crippen LogP contribution in [0.25, 0.3) is 11.4 Å². The van der Waals surface area contributed by atoms with Gasteiger partial charge >= 0.3 is 0 Å². The molecule has 1 aliphatic rings. The van der Waals surface area contributed by atoms with Crippen LogP contribution < -0.4 is 0 Å². The van der Waals surface area contributed by atoms with Gasteiger partial charge in [0.1, 0.15) is 0 Å². The molecule has 1 saturated heterocycles. The Morgan fingerprint density at radius 2 is 2.17 bits per heavy atom. The molecule has 7 heteroatoms. The second-order valence-corrected chi connectivity index (χ2v) is 5.97. The molecular formula is C16H18N6O. The summed E-state index contributed by atoms with van der Waals surface area (Å²) in [7, 11) is 0. The summed E-state index contributed by atoms with van der Waals surface area (Å²) >= 11 is 0. The molecular weight excluding hydrogens is 292 g/mol. The maximum atomic E-state index is 5.34. The Labute approximate surface area is 134 Å². The lowest BCUT2D eigenvalue weighted by molar-refractivity contribution is 0.0777. The molecule has 1 fully saturated rings. The van der Waals surface area contributed by atoms with Crippen molar-refractivity contribution < 1.29 is 4.52 Å². The van der Waals surface area contributed by atoms with Crippen LogP contribution >= 0.6 is 0 Å². The summed E-state index contributed by atoms with van der Waals surface area (Å²) in [6, 6.07) is 6.33. The Bertz CT molecular complexity index is 803. The molecule has 0 unspecified atom stereocenters. The van der Waals surface area contributed by atoms with Gasteiger partial charge in [-0.3, -0.25) is 14.6 Å². The third kappa shape index (κ3) is 2.75. The van der Waals surface area contributed by atoms with Gasteiger partial charge in [0.05, 0.1) is 18.3 Å². The van der Waals surface area contributed by atoms with Crippen LogP contribution in [0.3, 0.4) is 0 Å². The van der Waals surface area contributed by atoms with E-state index in [1.165, 1.54) is 5.69 Å². The molecule has 3 aromatic heterocycles. The zero-order valence-corrected chi connectivity index (χ0v) is 13.2. The first-order chi connectivity index (χ1) is 11.2. The second kappa shape index (κ2) is 5.58. The predicted octanol–water partition coefficient (Wildman–Crippen LogP) is 2.00. The molecule has 0 atom stereocenters. The van der Waals surface area contributed by atoms with Crippen molar-refractivity contribution in [3.05, 3.63) is 47.9 Å². The summed E-state index contributed by atoms with van der Waals surface area (Å²) in [5, 5.41) is 8.57. The molecule has 0 N–H and O–H groups in total. The Morgan fingerprint density at radius 1 is 1.30 bits per heavy atom. The lowest BCUT2D eigenvalue weighted by atomic mass is 10.1. The summed E-state index contributed by atoms with van der Waals surface area (Å²) < 4.78 is 7.45. The number of nitrogens with zero attached hydrogens (tertiary/aromatic N) is 6. The van der Waals surface area contributed by atoms with Crippen molar-refractivity contribution in [2.75, 3.05) is 13.1 Å².